The molecule has 8 nitrogen and oxygen atoms in total. The third-order valence-corrected chi connectivity index (χ3v) is 7.09. The summed E-state index contributed by atoms with van der Waals surface area (Å²) in [5.41, 5.74) is 3.11. The summed E-state index contributed by atoms with van der Waals surface area (Å²) in [6.45, 7) is 2.36. The summed E-state index contributed by atoms with van der Waals surface area (Å²) < 4.78 is 12.3. The Labute approximate surface area is 189 Å². The average Bonchev–Trinajstić information content (AvgIpc) is 3.40. The molecule has 3 heterocycles. The van der Waals surface area contributed by atoms with Crippen molar-refractivity contribution in [3.63, 3.8) is 0 Å². The second-order valence-electron chi connectivity index (χ2n) is 7.92. The van der Waals surface area contributed by atoms with E-state index in [4.69, 9.17) is 14.5 Å². The van der Waals surface area contributed by atoms with Crippen molar-refractivity contribution < 1.29 is 14.3 Å². The molecule has 5 rings (SSSR count). The van der Waals surface area contributed by atoms with Gasteiger partial charge in [-0.3, -0.25) is 4.79 Å². The van der Waals surface area contributed by atoms with Crippen LogP contribution in [-0.2, 0) is 19.3 Å². The number of aryl methyl sites for hydroxylation is 3. The minimum Gasteiger partial charge on any atom is -0.493 e. The van der Waals surface area contributed by atoms with Gasteiger partial charge in [0.15, 0.2) is 17.1 Å². The molecule has 0 atom stereocenters. The zero-order valence-electron chi connectivity index (χ0n) is 18.4. The molecule has 0 aliphatic heterocycles. The van der Waals surface area contributed by atoms with E-state index < -0.39 is 0 Å². The van der Waals surface area contributed by atoms with Gasteiger partial charge in [-0.25, -0.2) is 9.97 Å². The van der Waals surface area contributed by atoms with Crippen LogP contribution < -0.4 is 14.8 Å². The van der Waals surface area contributed by atoms with Crippen molar-refractivity contribution in [1.82, 2.24) is 24.9 Å². The lowest BCUT2D eigenvalue weighted by Crippen LogP contribution is -2.26. The predicted molar refractivity (Wildman–Crippen MR) is 123 cm³/mol. The summed E-state index contributed by atoms with van der Waals surface area (Å²) in [6.07, 6.45) is 5.18. The number of hydrogen-bond acceptors (Lipinski definition) is 7. The first-order chi connectivity index (χ1) is 15.6. The molecule has 0 bridgehead atoms. The number of nitrogens with one attached hydrogen (secondary N) is 1. The number of fused-ring (bicyclic) bond motifs is 5. The van der Waals surface area contributed by atoms with Crippen molar-refractivity contribution in [2.45, 2.75) is 39.0 Å². The van der Waals surface area contributed by atoms with E-state index in [1.165, 1.54) is 23.3 Å². The Balaban J connectivity index is 1.37. The fraction of sp³-hybridized carbons (Fsp3) is 0.391. The van der Waals surface area contributed by atoms with Gasteiger partial charge in [-0.15, -0.1) is 16.4 Å². The summed E-state index contributed by atoms with van der Waals surface area (Å²) in [6, 6.07) is 5.74. The van der Waals surface area contributed by atoms with E-state index in [-0.39, 0.29) is 11.7 Å². The number of nitrogens with zero attached hydrogens (tertiary/aromatic N) is 4. The Hall–Kier alpha value is -3.20. The first kappa shape index (κ1) is 20.7. The topological polar surface area (TPSA) is 90.6 Å². The van der Waals surface area contributed by atoms with Crippen molar-refractivity contribution >= 4 is 33.1 Å². The Morgan fingerprint density at radius 1 is 1.16 bits per heavy atom. The monoisotopic (exact) mass is 451 g/mol. The molecule has 166 valence electrons. The molecule has 1 aliphatic carbocycles. The fourth-order valence-electron chi connectivity index (χ4n) is 4.29. The van der Waals surface area contributed by atoms with Crippen molar-refractivity contribution in [2.75, 3.05) is 20.8 Å². The van der Waals surface area contributed by atoms with Gasteiger partial charge in [0, 0.05) is 11.4 Å². The van der Waals surface area contributed by atoms with Gasteiger partial charge in [0.25, 0.3) is 5.91 Å². The van der Waals surface area contributed by atoms with E-state index >= 15 is 0 Å². The Morgan fingerprint density at radius 3 is 2.78 bits per heavy atom. The standard InChI is InChI=1S/C23H25N5O3S/c1-13-25-23-19(15-6-4-5-7-18(15)32-23)21-26-20(27-28(13)21)22(29)24-11-10-14-8-9-16(30-2)17(12-14)31-3/h8-9,12H,4-7,10-11H2,1-3H3,(H,24,29). The van der Waals surface area contributed by atoms with Gasteiger partial charge >= 0.3 is 0 Å². The largest absolute Gasteiger partial charge is 0.493 e. The lowest BCUT2D eigenvalue weighted by atomic mass is 9.97. The highest BCUT2D eigenvalue weighted by Gasteiger charge is 2.23. The van der Waals surface area contributed by atoms with Gasteiger partial charge in [-0.2, -0.15) is 4.52 Å². The van der Waals surface area contributed by atoms with Crippen LogP contribution in [0.1, 0.15) is 45.3 Å². The second-order valence-corrected chi connectivity index (χ2v) is 9.00. The van der Waals surface area contributed by atoms with Crippen molar-refractivity contribution in [3.05, 3.63) is 45.9 Å². The lowest BCUT2D eigenvalue weighted by molar-refractivity contribution is 0.0944. The predicted octanol–water partition coefficient (Wildman–Crippen LogP) is 3.52. The van der Waals surface area contributed by atoms with Crippen LogP contribution >= 0.6 is 11.3 Å². The second kappa shape index (κ2) is 8.38. The van der Waals surface area contributed by atoms with Gasteiger partial charge in [-0.05, 0) is 62.3 Å². The zero-order chi connectivity index (χ0) is 22.2. The van der Waals surface area contributed by atoms with Crippen LogP contribution in [0.3, 0.4) is 0 Å². The number of aromatic nitrogens is 4. The van der Waals surface area contributed by atoms with Crippen LogP contribution in [-0.4, -0.2) is 46.3 Å². The maximum Gasteiger partial charge on any atom is 0.291 e. The molecule has 1 N–H and O–H groups in total. The maximum atomic E-state index is 12.8. The number of amides is 1. The van der Waals surface area contributed by atoms with E-state index in [2.05, 4.69) is 15.4 Å². The zero-order valence-corrected chi connectivity index (χ0v) is 19.2. The summed E-state index contributed by atoms with van der Waals surface area (Å²) in [4.78, 5) is 24.6. The molecule has 4 aromatic rings. The summed E-state index contributed by atoms with van der Waals surface area (Å²) in [5.74, 6) is 1.98. The molecule has 1 aromatic carbocycles. The third-order valence-electron chi connectivity index (χ3n) is 5.90. The first-order valence-electron chi connectivity index (χ1n) is 10.8. The molecule has 3 aromatic heterocycles. The van der Waals surface area contributed by atoms with Crippen molar-refractivity contribution in [3.8, 4) is 11.5 Å². The third kappa shape index (κ3) is 3.56. The Bertz CT molecular complexity index is 1330. The summed E-state index contributed by atoms with van der Waals surface area (Å²) in [5, 5.41) is 8.46. The van der Waals surface area contributed by atoms with Crippen molar-refractivity contribution in [1.29, 1.82) is 0 Å². The molecule has 1 amide bonds. The lowest BCUT2D eigenvalue weighted by Gasteiger charge is -2.10. The normalized spacial score (nSPS) is 13.3. The highest BCUT2D eigenvalue weighted by atomic mass is 32.1. The number of thiophene rings is 1. The van der Waals surface area contributed by atoms with E-state index in [9.17, 15) is 4.79 Å². The molecular weight excluding hydrogens is 426 g/mol. The molecule has 9 heteroatoms. The maximum absolute atomic E-state index is 12.8. The number of rotatable bonds is 6. The smallest absolute Gasteiger partial charge is 0.291 e. The quantitative estimate of drug-likeness (QED) is 0.482. The molecule has 0 saturated heterocycles. The van der Waals surface area contributed by atoms with Crippen LogP contribution in [0.2, 0.25) is 0 Å². The molecule has 0 saturated carbocycles. The van der Waals surface area contributed by atoms with Crippen LogP contribution in [0.4, 0.5) is 0 Å². The van der Waals surface area contributed by atoms with E-state index in [1.807, 2.05) is 25.1 Å². The van der Waals surface area contributed by atoms with Gasteiger partial charge < -0.3 is 14.8 Å². The number of carbonyl (C=O) groups excluding carboxylic acids is 1. The summed E-state index contributed by atoms with van der Waals surface area (Å²) >= 11 is 1.75. The number of ether oxygens (including phenoxy) is 2. The van der Waals surface area contributed by atoms with Crippen LogP contribution in [0.5, 0.6) is 11.5 Å². The van der Waals surface area contributed by atoms with E-state index in [0.717, 1.165) is 40.1 Å². The number of carbonyl (C=O) groups is 1. The van der Waals surface area contributed by atoms with Gasteiger partial charge in [0.1, 0.15) is 10.7 Å². The molecule has 32 heavy (non-hydrogen) atoms. The van der Waals surface area contributed by atoms with E-state index in [0.29, 0.717) is 24.5 Å². The Morgan fingerprint density at radius 2 is 1.97 bits per heavy atom. The minimum absolute atomic E-state index is 0.172. The van der Waals surface area contributed by atoms with Gasteiger partial charge in [0.05, 0.1) is 19.6 Å². The first-order valence-corrected chi connectivity index (χ1v) is 11.6. The average molecular weight is 452 g/mol. The van der Waals surface area contributed by atoms with Crippen molar-refractivity contribution in [2.24, 2.45) is 0 Å². The molecule has 0 spiro atoms. The SMILES string of the molecule is COc1ccc(CCNC(=O)c2nc3c4c5c(sc4nc(C)n3n2)CCCC5)cc1OC. The Kier molecular flexibility index (Phi) is 5.42. The molecule has 0 radical (unpaired) electrons. The number of methoxy groups -OCH3 is 2. The fourth-order valence-corrected chi connectivity index (χ4v) is 5.59. The number of benzene rings is 1. The highest BCUT2D eigenvalue weighted by Crippen LogP contribution is 2.37. The van der Waals surface area contributed by atoms with Gasteiger partial charge in [-0.1, -0.05) is 6.07 Å². The van der Waals surface area contributed by atoms with Crippen LogP contribution in [0.15, 0.2) is 18.2 Å². The molecular formula is C23H25N5O3S. The highest BCUT2D eigenvalue weighted by molar-refractivity contribution is 7.19. The molecule has 0 unspecified atom stereocenters. The minimum atomic E-state index is -0.286. The molecule has 0 fully saturated rings. The van der Waals surface area contributed by atoms with Crippen LogP contribution in [0.25, 0.3) is 15.9 Å². The molecule has 1 aliphatic rings. The number of hydrogen-bond donors (Lipinski definition) is 1. The summed E-state index contributed by atoms with van der Waals surface area (Å²) in [7, 11) is 3.22. The van der Waals surface area contributed by atoms with Gasteiger partial charge in [0.2, 0.25) is 5.82 Å². The van der Waals surface area contributed by atoms with E-state index in [1.54, 1.807) is 30.1 Å². The van der Waals surface area contributed by atoms with Crippen LogP contribution in [0, 0.1) is 6.92 Å².